The SMILES string of the molecule is CCn1ncc2c(N[C@H]3CC[C@H](C(N)=O)CC3)c(C(=O)N[C@H](C)c3ccc(Br)cc3)cnc21. The van der Waals surface area contributed by atoms with Crippen LogP contribution in [0, 0.1) is 5.92 Å². The van der Waals surface area contributed by atoms with Crippen molar-refractivity contribution in [1.29, 1.82) is 0 Å². The minimum atomic E-state index is -0.231. The van der Waals surface area contributed by atoms with Crippen molar-refractivity contribution in [3.63, 3.8) is 0 Å². The number of aryl methyl sites for hydroxylation is 1. The van der Waals surface area contributed by atoms with Crippen LogP contribution in [-0.2, 0) is 11.3 Å². The van der Waals surface area contributed by atoms with Gasteiger partial charge in [0.1, 0.15) is 0 Å². The maximum Gasteiger partial charge on any atom is 0.255 e. The molecule has 0 unspecified atom stereocenters. The topological polar surface area (TPSA) is 115 Å². The van der Waals surface area contributed by atoms with E-state index in [4.69, 9.17) is 5.73 Å². The quantitative estimate of drug-likeness (QED) is 0.439. The minimum Gasteiger partial charge on any atom is -0.381 e. The molecule has 8 nitrogen and oxygen atoms in total. The number of halogens is 1. The summed E-state index contributed by atoms with van der Waals surface area (Å²) in [6.45, 7) is 4.65. The van der Waals surface area contributed by atoms with Crippen molar-refractivity contribution in [2.75, 3.05) is 5.32 Å². The lowest BCUT2D eigenvalue weighted by molar-refractivity contribution is -0.122. The minimum absolute atomic E-state index is 0.0714. The first kappa shape index (κ1) is 23.2. The second-order valence-electron chi connectivity index (χ2n) is 8.59. The van der Waals surface area contributed by atoms with Crippen molar-refractivity contribution >= 4 is 44.5 Å². The maximum atomic E-state index is 13.3. The highest BCUT2D eigenvalue weighted by Crippen LogP contribution is 2.32. The van der Waals surface area contributed by atoms with Gasteiger partial charge in [0, 0.05) is 29.2 Å². The largest absolute Gasteiger partial charge is 0.381 e. The molecule has 33 heavy (non-hydrogen) atoms. The van der Waals surface area contributed by atoms with E-state index in [-0.39, 0.29) is 29.8 Å². The number of carbonyl (C=O) groups excluding carboxylic acids is 2. The molecule has 1 fully saturated rings. The highest BCUT2D eigenvalue weighted by atomic mass is 79.9. The van der Waals surface area contributed by atoms with Gasteiger partial charge in [-0.1, -0.05) is 28.1 Å². The second-order valence-corrected chi connectivity index (χ2v) is 9.50. The molecule has 0 aliphatic heterocycles. The molecule has 0 bridgehead atoms. The van der Waals surface area contributed by atoms with E-state index in [0.29, 0.717) is 12.1 Å². The Morgan fingerprint density at radius 1 is 1.18 bits per heavy atom. The van der Waals surface area contributed by atoms with Crippen molar-refractivity contribution in [2.24, 2.45) is 11.7 Å². The molecule has 9 heteroatoms. The zero-order valence-electron chi connectivity index (χ0n) is 18.8. The third-order valence-corrected chi connectivity index (χ3v) is 6.93. The molecule has 0 spiro atoms. The molecule has 4 rings (SSSR count). The lowest BCUT2D eigenvalue weighted by atomic mass is 9.85. The summed E-state index contributed by atoms with van der Waals surface area (Å²) in [5.74, 6) is -0.499. The summed E-state index contributed by atoms with van der Waals surface area (Å²) in [6.07, 6.45) is 6.51. The predicted octanol–water partition coefficient (Wildman–Crippen LogP) is 4.16. The summed E-state index contributed by atoms with van der Waals surface area (Å²) in [5.41, 5.74) is 8.47. The Hall–Kier alpha value is -2.94. The first-order chi connectivity index (χ1) is 15.9. The smallest absolute Gasteiger partial charge is 0.255 e. The van der Waals surface area contributed by atoms with E-state index >= 15 is 0 Å². The molecule has 1 saturated carbocycles. The molecule has 3 aromatic rings. The number of benzene rings is 1. The van der Waals surface area contributed by atoms with Gasteiger partial charge in [-0.05, 0) is 57.2 Å². The fraction of sp³-hybridized carbons (Fsp3) is 0.417. The van der Waals surface area contributed by atoms with Gasteiger partial charge in [-0.2, -0.15) is 5.10 Å². The van der Waals surface area contributed by atoms with E-state index in [1.165, 1.54) is 0 Å². The average Bonchev–Trinajstić information content (AvgIpc) is 3.23. The summed E-state index contributed by atoms with van der Waals surface area (Å²) in [6, 6.07) is 7.86. The number of primary amides is 1. The van der Waals surface area contributed by atoms with Gasteiger partial charge in [0.15, 0.2) is 5.65 Å². The molecule has 2 amide bonds. The summed E-state index contributed by atoms with van der Waals surface area (Å²) in [5, 5.41) is 11.9. The van der Waals surface area contributed by atoms with E-state index < -0.39 is 0 Å². The Balaban J connectivity index is 1.61. The van der Waals surface area contributed by atoms with Gasteiger partial charge in [-0.3, -0.25) is 9.59 Å². The van der Waals surface area contributed by atoms with E-state index in [0.717, 1.165) is 52.4 Å². The van der Waals surface area contributed by atoms with Gasteiger partial charge in [-0.15, -0.1) is 0 Å². The lowest BCUT2D eigenvalue weighted by Gasteiger charge is -2.29. The van der Waals surface area contributed by atoms with Crippen molar-refractivity contribution in [2.45, 2.75) is 58.2 Å². The molecule has 1 aliphatic carbocycles. The standard InChI is InChI=1S/C24H29BrN6O2/c1-3-31-23-19(13-28-31)21(30-18-10-6-16(7-11-18)22(26)32)20(12-27-23)24(33)29-14(2)15-4-8-17(25)9-5-15/h4-5,8-9,12-14,16,18H,3,6-7,10-11H2,1-2H3,(H2,26,32)(H,27,30)(H,29,33)/t14-,16-,18-/m1/s1. The van der Waals surface area contributed by atoms with Crippen molar-refractivity contribution in [3.8, 4) is 0 Å². The number of carbonyl (C=O) groups is 2. The summed E-state index contributed by atoms with van der Waals surface area (Å²) < 4.78 is 2.81. The first-order valence-corrected chi connectivity index (χ1v) is 12.1. The molecule has 1 aliphatic rings. The number of hydrogen-bond donors (Lipinski definition) is 3. The molecule has 4 N–H and O–H groups in total. The number of amides is 2. The third-order valence-electron chi connectivity index (χ3n) is 6.41. The molecular formula is C24H29BrN6O2. The van der Waals surface area contributed by atoms with Crippen LogP contribution in [0.2, 0.25) is 0 Å². The molecule has 2 heterocycles. The summed E-state index contributed by atoms with van der Waals surface area (Å²) >= 11 is 3.44. The lowest BCUT2D eigenvalue weighted by Crippen LogP contribution is -2.33. The van der Waals surface area contributed by atoms with Gasteiger partial charge >= 0.3 is 0 Å². The van der Waals surface area contributed by atoms with Crippen LogP contribution >= 0.6 is 15.9 Å². The molecule has 0 radical (unpaired) electrons. The average molecular weight is 513 g/mol. The zero-order valence-corrected chi connectivity index (χ0v) is 20.4. The van der Waals surface area contributed by atoms with E-state index in [1.807, 2.05) is 42.8 Å². The molecular weight excluding hydrogens is 484 g/mol. The maximum absolute atomic E-state index is 13.3. The van der Waals surface area contributed by atoms with E-state index in [9.17, 15) is 9.59 Å². The van der Waals surface area contributed by atoms with Crippen LogP contribution < -0.4 is 16.4 Å². The Morgan fingerprint density at radius 3 is 2.52 bits per heavy atom. The Bertz CT molecular complexity index is 1150. The number of pyridine rings is 1. The van der Waals surface area contributed by atoms with Gasteiger partial charge < -0.3 is 16.4 Å². The fourth-order valence-corrected chi connectivity index (χ4v) is 4.69. The van der Waals surface area contributed by atoms with Gasteiger partial charge in [0.25, 0.3) is 5.91 Å². The van der Waals surface area contributed by atoms with Crippen LogP contribution in [0.5, 0.6) is 0 Å². The molecule has 1 atom stereocenters. The third kappa shape index (κ3) is 5.03. The Morgan fingerprint density at radius 2 is 1.88 bits per heavy atom. The van der Waals surface area contributed by atoms with Crippen molar-refractivity contribution < 1.29 is 9.59 Å². The highest BCUT2D eigenvalue weighted by Gasteiger charge is 2.27. The van der Waals surface area contributed by atoms with Gasteiger partial charge in [-0.25, -0.2) is 9.67 Å². The molecule has 0 saturated heterocycles. The number of aromatic nitrogens is 3. The molecule has 174 valence electrons. The zero-order chi connectivity index (χ0) is 23.5. The fourth-order valence-electron chi connectivity index (χ4n) is 4.42. The number of nitrogens with one attached hydrogen (secondary N) is 2. The van der Waals surface area contributed by atoms with Gasteiger partial charge in [0.05, 0.1) is 28.9 Å². The van der Waals surface area contributed by atoms with Crippen LogP contribution in [-0.4, -0.2) is 32.6 Å². The van der Waals surface area contributed by atoms with Crippen LogP contribution in [0.25, 0.3) is 11.0 Å². The molecule has 2 aromatic heterocycles. The van der Waals surface area contributed by atoms with E-state index in [2.05, 4.69) is 36.6 Å². The monoisotopic (exact) mass is 512 g/mol. The number of rotatable bonds is 7. The summed E-state index contributed by atoms with van der Waals surface area (Å²) in [7, 11) is 0. The Labute approximate surface area is 201 Å². The molecule has 1 aromatic carbocycles. The van der Waals surface area contributed by atoms with Crippen LogP contribution in [0.3, 0.4) is 0 Å². The summed E-state index contributed by atoms with van der Waals surface area (Å²) in [4.78, 5) is 29.4. The van der Waals surface area contributed by atoms with Crippen molar-refractivity contribution in [1.82, 2.24) is 20.1 Å². The number of nitrogens with zero attached hydrogens (tertiary/aromatic N) is 3. The van der Waals surface area contributed by atoms with E-state index in [1.54, 1.807) is 12.4 Å². The van der Waals surface area contributed by atoms with Crippen LogP contribution in [0.4, 0.5) is 5.69 Å². The van der Waals surface area contributed by atoms with Crippen LogP contribution in [0.15, 0.2) is 41.1 Å². The Kier molecular flexibility index (Phi) is 6.97. The number of fused-ring (bicyclic) bond motifs is 1. The normalized spacial score (nSPS) is 19.2. The first-order valence-electron chi connectivity index (χ1n) is 11.3. The number of anilines is 1. The van der Waals surface area contributed by atoms with Gasteiger partial charge in [0.2, 0.25) is 5.91 Å². The predicted molar refractivity (Wildman–Crippen MR) is 132 cm³/mol. The van der Waals surface area contributed by atoms with Crippen LogP contribution in [0.1, 0.15) is 61.5 Å². The highest BCUT2D eigenvalue weighted by molar-refractivity contribution is 9.10. The number of nitrogens with two attached hydrogens (primary N) is 1. The second kappa shape index (κ2) is 9.91. The van der Waals surface area contributed by atoms with Crippen molar-refractivity contribution in [3.05, 3.63) is 52.3 Å². The number of hydrogen-bond acceptors (Lipinski definition) is 5.